The third-order valence-electron chi connectivity index (χ3n) is 4.93. The van der Waals surface area contributed by atoms with Crippen LogP contribution < -0.4 is 14.8 Å². The molecule has 0 atom stereocenters. The second kappa shape index (κ2) is 9.90. The number of nitrogens with zero attached hydrogens (tertiary/aromatic N) is 1. The van der Waals surface area contributed by atoms with Gasteiger partial charge in [0.2, 0.25) is 0 Å². The zero-order valence-corrected chi connectivity index (χ0v) is 16.7. The van der Waals surface area contributed by atoms with Gasteiger partial charge in [-0.25, -0.2) is 0 Å². The highest BCUT2D eigenvalue weighted by atomic mass is 32.1. The number of benzene rings is 1. The minimum absolute atomic E-state index is 0.0320. The maximum absolute atomic E-state index is 12.9. The maximum Gasteiger partial charge on any atom is 0.168 e. The van der Waals surface area contributed by atoms with E-state index in [0.717, 1.165) is 57.2 Å². The second-order valence-electron chi connectivity index (χ2n) is 6.77. The van der Waals surface area contributed by atoms with Crippen LogP contribution in [0.15, 0.2) is 18.2 Å². The van der Waals surface area contributed by atoms with E-state index < -0.39 is 0 Å². The number of nitrogens with one attached hydrogen (secondary N) is 1. The van der Waals surface area contributed by atoms with Gasteiger partial charge in [0.25, 0.3) is 0 Å². The molecule has 2 aliphatic heterocycles. The van der Waals surface area contributed by atoms with Gasteiger partial charge in [-0.05, 0) is 56.6 Å². The fourth-order valence-corrected chi connectivity index (χ4v) is 3.69. The molecule has 1 aromatic rings. The predicted molar refractivity (Wildman–Crippen MR) is 108 cm³/mol. The van der Waals surface area contributed by atoms with Crippen molar-refractivity contribution in [2.45, 2.75) is 26.2 Å². The van der Waals surface area contributed by atoms with Gasteiger partial charge < -0.3 is 24.4 Å². The van der Waals surface area contributed by atoms with E-state index in [1.807, 2.05) is 25.1 Å². The van der Waals surface area contributed by atoms with Gasteiger partial charge in [0.1, 0.15) is 13.2 Å². The third-order valence-corrected chi connectivity index (χ3v) is 5.33. The Labute approximate surface area is 166 Å². The first-order valence-corrected chi connectivity index (χ1v) is 10.1. The molecule has 1 fully saturated rings. The van der Waals surface area contributed by atoms with Crippen LogP contribution in [-0.2, 0) is 4.74 Å². The molecule has 0 radical (unpaired) electrons. The first-order chi connectivity index (χ1) is 13.2. The molecule has 0 unspecified atom stereocenters. The number of thiocarbonyl (C=S) groups is 1. The van der Waals surface area contributed by atoms with Crippen molar-refractivity contribution < 1.29 is 19.0 Å². The number of likely N-dealkylation sites (tertiary alicyclic amines) is 1. The van der Waals surface area contributed by atoms with Crippen LogP contribution in [0.1, 0.15) is 36.5 Å². The number of hydrogen-bond acceptors (Lipinski definition) is 5. The van der Waals surface area contributed by atoms with E-state index in [2.05, 4.69) is 10.2 Å². The van der Waals surface area contributed by atoms with Crippen LogP contribution in [0, 0.1) is 5.92 Å². The van der Waals surface area contributed by atoms with Gasteiger partial charge in [-0.15, -0.1) is 0 Å². The monoisotopic (exact) mass is 392 g/mol. The van der Waals surface area contributed by atoms with Crippen LogP contribution in [-0.4, -0.2) is 61.9 Å². The summed E-state index contributed by atoms with van der Waals surface area (Å²) in [6.07, 6.45) is 2.56. The van der Waals surface area contributed by atoms with Gasteiger partial charge in [0.15, 0.2) is 22.4 Å². The van der Waals surface area contributed by atoms with Crippen molar-refractivity contribution in [1.82, 2.24) is 10.2 Å². The maximum atomic E-state index is 12.9. The normalized spacial score (nSPS) is 16.9. The Kier molecular flexibility index (Phi) is 7.29. The number of piperidine rings is 1. The molecule has 2 heterocycles. The van der Waals surface area contributed by atoms with Gasteiger partial charge in [-0.3, -0.25) is 4.79 Å². The molecule has 6 nitrogen and oxygen atoms in total. The Hall–Kier alpha value is -1.86. The van der Waals surface area contributed by atoms with Crippen molar-refractivity contribution in [2.75, 3.05) is 46.1 Å². The minimum atomic E-state index is 0.0320. The quantitative estimate of drug-likeness (QED) is 0.435. The highest BCUT2D eigenvalue weighted by molar-refractivity contribution is 7.80. The average molecular weight is 393 g/mol. The topological polar surface area (TPSA) is 60.0 Å². The Morgan fingerprint density at radius 2 is 2.00 bits per heavy atom. The molecule has 7 heteroatoms. The van der Waals surface area contributed by atoms with E-state index in [4.69, 9.17) is 26.4 Å². The Morgan fingerprint density at radius 1 is 1.26 bits per heavy atom. The smallest absolute Gasteiger partial charge is 0.168 e. The molecule has 0 bridgehead atoms. The molecule has 148 valence electrons. The molecular weight excluding hydrogens is 364 g/mol. The minimum Gasteiger partial charge on any atom is -0.486 e. The highest BCUT2D eigenvalue weighted by Gasteiger charge is 2.27. The first-order valence-electron chi connectivity index (χ1n) is 9.73. The van der Waals surface area contributed by atoms with E-state index >= 15 is 0 Å². The predicted octanol–water partition coefficient (Wildman–Crippen LogP) is 2.65. The van der Waals surface area contributed by atoms with Crippen LogP contribution in [0.2, 0.25) is 0 Å². The molecule has 0 spiro atoms. The first kappa shape index (κ1) is 19.9. The molecular formula is C20H28N2O4S. The summed E-state index contributed by atoms with van der Waals surface area (Å²) in [4.78, 5) is 15.0. The van der Waals surface area contributed by atoms with Crippen LogP contribution >= 0.6 is 12.2 Å². The van der Waals surface area contributed by atoms with Crippen LogP contribution in [0.4, 0.5) is 0 Å². The molecule has 1 N–H and O–H groups in total. The third kappa shape index (κ3) is 5.32. The number of rotatable bonds is 7. The summed E-state index contributed by atoms with van der Waals surface area (Å²) in [5, 5.41) is 4.06. The lowest BCUT2D eigenvalue weighted by atomic mass is 9.89. The molecule has 0 amide bonds. The lowest BCUT2D eigenvalue weighted by Crippen LogP contribution is -2.45. The number of ketones is 1. The molecule has 2 aliphatic rings. The van der Waals surface area contributed by atoms with E-state index in [1.54, 1.807) is 0 Å². The van der Waals surface area contributed by atoms with Gasteiger partial charge in [0.05, 0.1) is 0 Å². The number of hydrogen-bond donors (Lipinski definition) is 1. The molecule has 0 saturated carbocycles. The Morgan fingerprint density at radius 3 is 2.74 bits per heavy atom. The summed E-state index contributed by atoms with van der Waals surface area (Å²) in [6.45, 7) is 6.99. The van der Waals surface area contributed by atoms with E-state index in [9.17, 15) is 4.79 Å². The summed E-state index contributed by atoms with van der Waals surface area (Å²) in [5.74, 6) is 1.60. The van der Waals surface area contributed by atoms with Gasteiger partial charge in [0, 0.05) is 44.3 Å². The molecule has 0 aromatic heterocycles. The Bertz CT molecular complexity index is 659. The van der Waals surface area contributed by atoms with Gasteiger partial charge in [-0.1, -0.05) is 0 Å². The van der Waals surface area contributed by atoms with Gasteiger partial charge in [-0.2, -0.15) is 0 Å². The van der Waals surface area contributed by atoms with Crippen molar-refractivity contribution in [3.8, 4) is 11.5 Å². The summed E-state index contributed by atoms with van der Waals surface area (Å²) in [7, 11) is 0. The molecule has 0 aliphatic carbocycles. The summed E-state index contributed by atoms with van der Waals surface area (Å²) >= 11 is 5.48. The number of ether oxygens (including phenoxy) is 3. The van der Waals surface area contributed by atoms with E-state index in [1.165, 1.54) is 0 Å². The van der Waals surface area contributed by atoms with Crippen LogP contribution in [0.5, 0.6) is 11.5 Å². The van der Waals surface area contributed by atoms with Gasteiger partial charge >= 0.3 is 0 Å². The summed E-state index contributed by atoms with van der Waals surface area (Å²) in [6, 6.07) is 5.48. The number of Topliss-reactive ketones (excluding diaryl/α,β-unsaturated/α-hetero) is 1. The largest absolute Gasteiger partial charge is 0.486 e. The standard InChI is InChI=1S/C20H28N2O4S/c1-2-24-11-3-8-21-20(27)22-9-6-15(7-10-22)19(23)16-4-5-17-18(14-16)26-13-12-25-17/h4-5,14-15H,2-3,6-13H2,1H3,(H,21,27). The van der Waals surface area contributed by atoms with Crippen molar-refractivity contribution in [1.29, 1.82) is 0 Å². The SMILES string of the molecule is CCOCCCNC(=S)N1CCC(C(=O)c2ccc3c(c2)OCCO3)CC1. The van der Waals surface area contributed by atoms with E-state index in [0.29, 0.717) is 30.3 Å². The molecule has 1 aromatic carbocycles. The fourth-order valence-electron chi connectivity index (χ4n) is 3.40. The summed E-state index contributed by atoms with van der Waals surface area (Å²) < 4.78 is 16.4. The van der Waals surface area contributed by atoms with Crippen LogP contribution in [0.25, 0.3) is 0 Å². The summed E-state index contributed by atoms with van der Waals surface area (Å²) in [5.41, 5.74) is 0.703. The Balaban J connectivity index is 1.46. The number of carbonyl (C=O) groups excluding carboxylic acids is 1. The fraction of sp³-hybridized carbons (Fsp3) is 0.600. The zero-order valence-electron chi connectivity index (χ0n) is 15.9. The number of carbonyl (C=O) groups is 1. The van der Waals surface area contributed by atoms with Crippen molar-refractivity contribution >= 4 is 23.1 Å². The van der Waals surface area contributed by atoms with E-state index in [-0.39, 0.29) is 11.7 Å². The lowest BCUT2D eigenvalue weighted by Gasteiger charge is -2.33. The second-order valence-corrected chi connectivity index (χ2v) is 7.15. The van der Waals surface area contributed by atoms with Crippen LogP contribution in [0.3, 0.4) is 0 Å². The average Bonchev–Trinajstić information content (AvgIpc) is 2.72. The lowest BCUT2D eigenvalue weighted by molar-refractivity contribution is 0.0870. The molecule has 3 rings (SSSR count). The van der Waals surface area contributed by atoms with Crippen molar-refractivity contribution in [2.24, 2.45) is 5.92 Å². The molecule has 27 heavy (non-hydrogen) atoms. The van der Waals surface area contributed by atoms with Crippen molar-refractivity contribution in [3.05, 3.63) is 23.8 Å². The highest BCUT2D eigenvalue weighted by Crippen LogP contribution is 2.32. The zero-order chi connectivity index (χ0) is 19.1. The van der Waals surface area contributed by atoms with Crippen molar-refractivity contribution in [3.63, 3.8) is 0 Å². The molecule has 1 saturated heterocycles. The number of fused-ring (bicyclic) bond motifs is 1.